The lowest BCUT2D eigenvalue weighted by Crippen LogP contribution is -2.25. The molecular weight excluding hydrogens is 188 g/mol. The fourth-order valence-corrected chi connectivity index (χ4v) is 2.10. The van der Waals surface area contributed by atoms with Crippen LogP contribution in [0.3, 0.4) is 0 Å². The SMILES string of the molecule is NC(=NCc1ccco1)C1CCCCC1. The van der Waals surface area contributed by atoms with Crippen molar-refractivity contribution in [2.45, 2.75) is 38.6 Å². The maximum Gasteiger partial charge on any atom is 0.125 e. The molecular formula is C12H18N2O. The molecule has 2 N–H and O–H groups in total. The van der Waals surface area contributed by atoms with E-state index in [0.29, 0.717) is 12.5 Å². The van der Waals surface area contributed by atoms with Gasteiger partial charge in [0.15, 0.2) is 0 Å². The standard InChI is InChI=1S/C12H18N2O/c13-12(10-5-2-1-3-6-10)14-9-11-7-4-8-15-11/h4,7-8,10H,1-3,5-6,9H2,(H2,13,14). The summed E-state index contributed by atoms with van der Waals surface area (Å²) in [6.45, 7) is 0.579. The molecule has 15 heavy (non-hydrogen) atoms. The van der Waals surface area contributed by atoms with Gasteiger partial charge in [-0.2, -0.15) is 0 Å². The molecule has 1 saturated carbocycles. The van der Waals surface area contributed by atoms with E-state index < -0.39 is 0 Å². The maximum absolute atomic E-state index is 5.97. The van der Waals surface area contributed by atoms with Crippen LogP contribution >= 0.6 is 0 Å². The van der Waals surface area contributed by atoms with Crippen molar-refractivity contribution in [1.82, 2.24) is 0 Å². The first-order valence-electron chi connectivity index (χ1n) is 5.68. The maximum atomic E-state index is 5.97. The Morgan fingerprint density at radius 1 is 1.40 bits per heavy atom. The monoisotopic (exact) mass is 206 g/mol. The molecule has 0 spiro atoms. The van der Waals surface area contributed by atoms with E-state index in [1.807, 2.05) is 12.1 Å². The third kappa shape index (κ3) is 2.85. The van der Waals surface area contributed by atoms with E-state index in [4.69, 9.17) is 10.2 Å². The Kier molecular flexibility index (Phi) is 3.43. The Labute approximate surface area is 90.4 Å². The van der Waals surface area contributed by atoms with Gasteiger partial charge in [-0.15, -0.1) is 0 Å². The summed E-state index contributed by atoms with van der Waals surface area (Å²) in [4.78, 5) is 4.39. The fraction of sp³-hybridized carbons (Fsp3) is 0.583. The molecule has 1 fully saturated rings. The van der Waals surface area contributed by atoms with Crippen LogP contribution in [0.2, 0.25) is 0 Å². The molecule has 82 valence electrons. The number of hydrogen-bond donors (Lipinski definition) is 1. The first-order chi connectivity index (χ1) is 7.36. The van der Waals surface area contributed by atoms with E-state index in [2.05, 4.69) is 4.99 Å². The van der Waals surface area contributed by atoms with Crippen LogP contribution in [0, 0.1) is 5.92 Å². The van der Waals surface area contributed by atoms with E-state index in [1.54, 1.807) is 6.26 Å². The van der Waals surface area contributed by atoms with Crippen molar-refractivity contribution in [3.63, 3.8) is 0 Å². The van der Waals surface area contributed by atoms with Crippen LogP contribution in [-0.2, 0) is 6.54 Å². The van der Waals surface area contributed by atoms with E-state index in [9.17, 15) is 0 Å². The number of amidine groups is 1. The first-order valence-corrected chi connectivity index (χ1v) is 5.68. The number of hydrogen-bond acceptors (Lipinski definition) is 2. The summed E-state index contributed by atoms with van der Waals surface area (Å²) in [7, 11) is 0. The van der Waals surface area contributed by atoms with Crippen LogP contribution in [0.5, 0.6) is 0 Å². The Hall–Kier alpha value is -1.25. The Morgan fingerprint density at radius 3 is 2.87 bits per heavy atom. The lowest BCUT2D eigenvalue weighted by molar-refractivity contribution is 0.435. The van der Waals surface area contributed by atoms with Gasteiger partial charge in [-0.3, -0.25) is 4.99 Å². The summed E-state index contributed by atoms with van der Waals surface area (Å²) in [5, 5.41) is 0. The third-order valence-corrected chi connectivity index (χ3v) is 3.02. The van der Waals surface area contributed by atoms with Gasteiger partial charge in [0.05, 0.1) is 18.6 Å². The zero-order valence-corrected chi connectivity index (χ0v) is 8.98. The van der Waals surface area contributed by atoms with Gasteiger partial charge in [0.2, 0.25) is 0 Å². The van der Waals surface area contributed by atoms with E-state index in [-0.39, 0.29) is 0 Å². The van der Waals surface area contributed by atoms with Crippen molar-refractivity contribution in [1.29, 1.82) is 0 Å². The largest absolute Gasteiger partial charge is 0.467 e. The highest BCUT2D eigenvalue weighted by atomic mass is 16.3. The predicted molar refractivity (Wildman–Crippen MR) is 60.6 cm³/mol. The summed E-state index contributed by atoms with van der Waals surface area (Å²) in [5.41, 5.74) is 5.97. The quantitative estimate of drug-likeness (QED) is 0.610. The van der Waals surface area contributed by atoms with Crippen LogP contribution in [0.15, 0.2) is 27.8 Å². The minimum Gasteiger partial charge on any atom is -0.467 e. The minimum atomic E-state index is 0.508. The number of furan rings is 1. The predicted octanol–water partition coefficient (Wildman–Crippen LogP) is 2.72. The van der Waals surface area contributed by atoms with Crippen molar-refractivity contribution in [2.75, 3.05) is 0 Å². The lowest BCUT2D eigenvalue weighted by Gasteiger charge is -2.20. The summed E-state index contributed by atoms with van der Waals surface area (Å²) in [6.07, 6.45) is 8.01. The van der Waals surface area contributed by atoms with Crippen LogP contribution < -0.4 is 5.73 Å². The summed E-state index contributed by atoms with van der Waals surface area (Å²) >= 11 is 0. The van der Waals surface area contributed by atoms with Gasteiger partial charge in [-0.1, -0.05) is 19.3 Å². The molecule has 0 aliphatic heterocycles. The molecule has 3 nitrogen and oxygen atoms in total. The smallest absolute Gasteiger partial charge is 0.125 e. The third-order valence-electron chi connectivity index (χ3n) is 3.02. The summed E-state index contributed by atoms with van der Waals surface area (Å²) in [6, 6.07) is 3.80. The van der Waals surface area contributed by atoms with Gasteiger partial charge in [-0.25, -0.2) is 0 Å². The molecule has 1 aliphatic rings. The molecule has 1 heterocycles. The molecule has 0 amide bonds. The number of aliphatic imine (C=N–C) groups is 1. The van der Waals surface area contributed by atoms with Gasteiger partial charge in [0, 0.05) is 5.92 Å². The van der Waals surface area contributed by atoms with Crippen LogP contribution in [-0.4, -0.2) is 5.84 Å². The highest BCUT2D eigenvalue weighted by Gasteiger charge is 2.16. The Balaban J connectivity index is 1.88. The molecule has 2 rings (SSSR count). The number of rotatable bonds is 3. The van der Waals surface area contributed by atoms with Crippen LogP contribution in [0.25, 0.3) is 0 Å². The fourth-order valence-electron chi connectivity index (χ4n) is 2.10. The molecule has 1 aromatic heterocycles. The van der Waals surface area contributed by atoms with Gasteiger partial charge in [0.1, 0.15) is 5.76 Å². The average molecular weight is 206 g/mol. The molecule has 3 heteroatoms. The van der Waals surface area contributed by atoms with Gasteiger partial charge in [-0.05, 0) is 25.0 Å². The average Bonchev–Trinajstić information content (AvgIpc) is 2.80. The molecule has 0 unspecified atom stereocenters. The number of nitrogens with zero attached hydrogens (tertiary/aromatic N) is 1. The molecule has 0 radical (unpaired) electrons. The van der Waals surface area contributed by atoms with E-state index in [1.165, 1.54) is 32.1 Å². The van der Waals surface area contributed by atoms with Crippen LogP contribution in [0.4, 0.5) is 0 Å². The first kappa shape index (κ1) is 10.3. The zero-order valence-electron chi connectivity index (χ0n) is 8.98. The summed E-state index contributed by atoms with van der Waals surface area (Å²) < 4.78 is 5.21. The molecule has 0 saturated heterocycles. The van der Waals surface area contributed by atoms with Crippen molar-refractivity contribution in [3.05, 3.63) is 24.2 Å². The minimum absolute atomic E-state index is 0.508. The Bertz CT molecular complexity index is 310. The van der Waals surface area contributed by atoms with Crippen molar-refractivity contribution in [3.8, 4) is 0 Å². The van der Waals surface area contributed by atoms with E-state index in [0.717, 1.165) is 11.6 Å². The molecule has 0 atom stereocenters. The molecule has 1 aliphatic carbocycles. The molecule has 0 bridgehead atoms. The van der Waals surface area contributed by atoms with Crippen molar-refractivity contribution < 1.29 is 4.42 Å². The van der Waals surface area contributed by atoms with Gasteiger partial charge in [0.25, 0.3) is 0 Å². The zero-order chi connectivity index (χ0) is 10.5. The molecule has 0 aromatic carbocycles. The topological polar surface area (TPSA) is 51.5 Å². The van der Waals surface area contributed by atoms with Crippen molar-refractivity contribution >= 4 is 5.84 Å². The summed E-state index contributed by atoms with van der Waals surface area (Å²) in [5.74, 6) is 2.20. The van der Waals surface area contributed by atoms with E-state index >= 15 is 0 Å². The normalized spacial score (nSPS) is 19.3. The number of nitrogens with two attached hydrogens (primary N) is 1. The Morgan fingerprint density at radius 2 is 2.20 bits per heavy atom. The van der Waals surface area contributed by atoms with Crippen LogP contribution in [0.1, 0.15) is 37.9 Å². The van der Waals surface area contributed by atoms with Crippen molar-refractivity contribution in [2.24, 2.45) is 16.6 Å². The van der Waals surface area contributed by atoms with Gasteiger partial charge >= 0.3 is 0 Å². The molecule has 1 aromatic rings. The second-order valence-corrected chi connectivity index (χ2v) is 4.16. The second-order valence-electron chi connectivity index (χ2n) is 4.16. The second kappa shape index (κ2) is 5.01. The highest BCUT2D eigenvalue weighted by molar-refractivity contribution is 5.82. The highest BCUT2D eigenvalue weighted by Crippen LogP contribution is 2.23. The van der Waals surface area contributed by atoms with Gasteiger partial charge < -0.3 is 10.2 Å². The lowest BCUT2D eigenvalue weighted by atomic mass is 9.88.